The topological polar surface area (TPSA) is 81.9 Å². The molecule has 3 amide bonds. The van der Waals surface area contributed by atoms with Crippen LogP contribution in [0, 0.1) is 0 Å². The average molecular weight is 416 g/mol. The van der Waals surface area contributed by atoms with Crippen LogP contribution in [0.25, 0.3) is 0 Å². The number of piperazine rings is 1. The van der Waals surface area contributed by atoms with E-state index >= 15 is 0 Å². The number of hydrogen-bond donors (Lipinski definition) is 2. The molecular weight excluding hydrogens is 390 g/mol. The summed E-state index contributed by atoms with van der Waals surface area (Å²) >= 11 is 6.18. The monoisotopic (exact) mass is 415 g/mol. The number of urea groups is 1. The summed E-state index contributed by atoms with van der Waals surface area (Å²) in [6.45, 7) is 6.62. The largest absolute Gasteiger partial charge is 0.324 e. The van der Waals surface area contributed by atoms with Crippen molar-refractivity contribution in [1.29, 1.82) is 0 Å². The van der Waals surface area contributed by atoms with Gasteiger partial charge in [-0.1, -0.05) is 36.7 Å². The van der Waals surface area contributed by atoms with Gasteiger partial charge in [0.25, 0.3) is 5.91 Å². The van der Waals surface area contributed by atoms with Crippen LogP contribution in [0.4, 0.5) is 10.5 Å². The lowest BCUT2D eigenvalue weighted by molar-refractivity contribution is 0.0953. The molecule has 1 aliphatic rings. The van der Waals surface area contributed by atoms with Crippen LogP contribution in [0.2, 0.25) is 5.02 Å². The summed E-state index contributed by atoms with van der Waals surface area (Å²) < 4.78 is 0. The Morgan fingerprint density at radius 2 is 1.79 bits per heavy atom. The maximum absolute atomic E-state index is 13.3. The number of carbonyl (C=O) groups excluding carboxylic acids is 2. The van der Waals surface area contributed by atoms with Gasteiger partial charge in [0.2, 0.25) is 0 Å². The lowest BCUT2D eigenvalue weighted by atomic mass is 10.1. The van der Waals surface area contributed by atoms with Crippen LogP contribution in [0.15, 0.2) is 48.5 Å². The number of hydrazine groups is 1. The van der Waals surface area contributed by atoms with E-state index in [0.29, 0.717) is 30.2 Å². The van der Waals surface area contributed by atoms with E-state index in [1.54, 1.807) is 29.2 Å². The normalized spacial score (nSPS) is 14.5. The van der Waals surface area contributed by atoms with E-state index < -0.39 is 0 Å². The number of nitrogen functional groups attached to an aromatic ring is 1. The zero-order valence-corrected chi connectivity index (χ0v) is 17.2. The van der Waals surface area contributed by atoms with Crippen molar-refractivity contribution in [3.63, 3.8) is 0 Å². The van der Waals surface area contributed by atoms with Gasteiger partial charge in [0.15, 0.2) is 0 Å². The summed E-state index contributed by atoms with van der Waals surface area (Å²) in [6.07, 6.45) is 0. The number of nitrogens with one attached hydrogen (secondary N) is 1. The van der Waals surface area contributed by atoms with Crippen LogP contribution in [0.5, 0.6) is 0 Å². The molecule has 0 unspecified atom stereocenters. The van der Waals surface area contributed by atoms with Crippen molar-refractivity contribution < 1.29 is 9.59 Å². The maximum atomic E-state index is 13.3. The molecule has 7 nitrogen and oxygen atoms in total. The predicted molar refractivity (Wildman–Crippen MR) is 115 cm³/mol. The SMILES string of the molecule is CCN1CCN(C(=O)N(Cc2ccc(C(=O)NN)cc2)c2cccc(Cl)c2)CC1. The first-order valence-electron chi connectivity index (χ1n) is 9.66. The molecule has 8 heteroatoms. The molecule has 0 bridgehead atoms. The van der Waals surface area contributed by atoms with Gasteiger partial charge in [-0.25, -0.2) is 10.6 Å². The Kier molecular flexibility index (Phi) is 7.09. The molecule has 1 heterocycles. The lowest BCUT2D eigenvalue weighted by Gasteiger charge is -2.37. The molecule has 154 valence electrons. The minimum absolute atomic E-state index is 0.0493. The van der Waals surface area contributed by atoms with Crippen molar-refractivity contribution in [2.24, 2.45) is 5.84 Å². The van der Waals surface area contributed by atoms with Gasteiger partial charge in [0.1, 0.15) is 0 Å². The van der Waals surface area contributed by atoms with Gasteiger partial charge in [0, 0.05) is 42.5 Å². The molecule has 1 fully saturated rings. The molecule has 0 saturated carbocycles. The number of anilines is 1. The lowest BCUT2D eigenvalue weighted by Crippen LogP contribution is -2.52. The molecule has 0 atom stereocenters. The fraction of sp³-hybridized carbons (Fsp3) is 0.333. The van der Waals surface area contributed by atoms with E-state index in [0.717, 1.165) is 30.9 Å². The molecule has 3 rings (SSSR count). The van der Waals surface area contributed by atoms with Crippen LogP contribution in [0.1, 0.15) is 22.8 Å². The van der Waals surface area contributed by atoms with Crippen LogP contribution in [0.3, 0.4) is 0 Å². The molecule has 1 aliphatic heterocycles. The van der Waals surface area contributed by atoms with E-state index in [2.05, 4.69) is 17.2 Å². The minimum Gasteiger partial charge on any atom is -0.322 e. The Bertz CT molecular complexity index is 850. The first kappa shape index (κ1) is 21.1. The average Bonchev–Trinajstić information content (AvgIpc) is 2.77. The van der Waals surface area contributed by atoms with Crippen LogP contribution in [-0.2, 0) is 6.54 Å². The zero-order valence-electron chi connectivity index (χ0n) is 16.5. The van der Waals surface area contributed by atoms with Gasteiger partial charge in [0.05, 0.1) is 6.54 Å². The van der Waals surface area contributed by atoms with Crippen LogP contribution < -0.4 is 16.2 Å². The third-order valence-corrected chi connectivity index (χ3v) is 5.36. The highest BCUT2D eigenvalue weighted by atomic mass is 35.5. The van der Waals surface area contributed by atoms with E-state index in [-0.39, 0.29) is 11.9 Å². The molecule has 3 N–H and O–H groups in total. The molecule has 2 aromatic carbocycles. The van der Waals surface area contributed by atoms with Crippen LogP contribution >= 0.6 is 11.6 Å². The number of likely N-dealkylation sites (N-methyl/N-ethyl adjacent to an activating group) is 1. The number of carbonyl (C=O) groups is 2. The van der Waals surface area contributed by atoms with Gasteiger partial charge >= 0.3 is 6.03 Å². The number of rotatable bonds is 5. The Balaban J connectivity index is 1.82. The third-order valence-electron chi connectivity index (χ3n) is 5.13. The molecule has 1 saturated heterocycles. The van der Waals surface area contributed by atoms with Crippen LogP contribution in [-0.4, -0.2) is 54.5 Å². The van der Waals surface area contributed by atoms with Crippen molar-refractivity contribution in [1.82, 2.24) is 15.2 Å². The summed E-state index contributed by atoms with van der Waals surface area (Å²) in [6, 6.07) is 14.3. The second-order valence-corrected chi connectivity index (χ2v) is 7.38. The standard InChI is InChI=1S/C21H26ClN5O2/c1-2-25-10-12-26(13-11-25)21(29)27(19-5-3-4-18(22)14-19)15-16-6-8-17(9-7-16)20(28)24-23/h3-9,14H,2,10-13,15,23H2,1H3,(H,24,28). The second-order valence-electron chi connectivity index (χ2n) is 6.94. The second kappa shape index (κ2) is 9.73. The van der Waals surface area contributed by atoms with E-state index in [1.807, 2.05) is 29.2 Å². The Hall–Kier alpha value is -2.61. The molecule has 0 spiro atoms. The molecule has 2 aromatic rings. The highest BCUT2D eigenvalue weighted by molar-refractivity contribution is 6.30. The van der Waals surface area contributed by atoms with Crippen molar-refractivity contribution in [2.45, 2.75) is 13.5 Å². The highest BCUT2D eigenvalue weighted by Crippen LogP contribution is 2.23. The molecule has 0 aliphatic carbocycles. The Morgan fingerprint density at radius 3 is 2.38 bits per heavy atom. The highest BCUT2D eigenvalue weighted by Gasteiger charge is 2.26. The van der Waals surface area contributed by atoms with E-state index in [1.165, 1.54) is 0 Å². The smallest absolute Gasteiger partial charge is 0.322 e. The van der Waals surface area contributed by atoms with Crippen molar-refractivity contribution in [3.05, 3.63) is 64.7 Å². The zero-order chi connectivity index (χ0) is 20.8. The van der Waals surface area contributed by atoms with Gasteiger partial charge < -0.3 is 9.80 Å². The molecule has 29 heavy (non-hydrogen) atoms. The number of amides is 3. The van der Waals surface area contributed by atoms with E-state index in [4.69, 9.17) is 17.4 Å². The Morgan fingerprint density at radius 1 is 1.10 bits per heavy atom. The van der Waals surface area contributed by atoms with Gasteiger partial charge in [-0.2, -0.15) is 0 Å². The fourth-order valence-corrected chi connectivity index (χ4v) is 3.55. The maximum Gasteiger partial charge on any atom is 0.324 e. The van der Waals surface area contributed by atoms with Crippen molar-refractivity contribution in [3.8, 4) is 0 Å². The van der Waals surface area contributed by atoms with E-state index in [9.17, 15) is 9.59 Å². The first-order valence-corrected chi connectivity index (χ1v) is 10.0. The number of nitrogens with two attached hydrogens (primary N) is 1. The summed E-state index contributed by atoms with van der Waals surface area (Å²) in [5, 5.41) is 0.575. The summed E-state index contributed by atoms with van der Waals surface area (Å²) in [5.41, 5.74) is 4.22. The molecule has 0 radical (unpaired) electrons. The summed E-state index contributed by atoms with van der Waals surface area (Å²) in [7, 11) is 0. The number of nitrogens with zero attached hydrogens (tertiary/aromatic N) is 3. The van der Waals surface area contributed by atoms with Gasteiger partial charge in [-0.15, -0.1) is 0 Å². The Labute approximate surface area is 176 Å². The molecular formula is C21H26ClN5O2. The predicted octanol–water partition coefficient (Wildman–Crippen LogP) is 2.71. The van der Waals surface area contributed by atoms with Crippen molar-refractivity contribution in [2.75, 3.05) is 37.6 Å². The number of halogens is 1. The quantitative estimate of drug-likeness (QED) is 0.447. The number of benzene rings is 2. The first-order chi connectivity index (χ1) is 14.0. The third kappa shape index (κ3) is 5.26. The minimum atomic E-state index is -0.354. The summed E-state index contributed by atoms with van der Waals surface area (Å²) in [4.78, 5) is 30.9. The van der Waals surface area contributed by atoms with Crippen molar-refractivity contribution >= 4 is 29.2 Å². The van der Waals surface area contributed by atoms with Gasteiger partial charge in [-0.3, -0.25) is 15.1 Å². The molecule has 0 aromatic heterocycles. The number of hydrogen-bond acceptors (Lipinski definition) is 4. The summed E-state index contributed by atoms with van der Waals surface area (Å²) in [5.74, 6) is 4.83. The van der Waals surface area contributed by atoms with Gasteiger partial charge in [-0.05, 0) is 42.4 Å². The fourth-order valence-electron chi connectivity index (χ4n) is 3.37.